The Morgan fingerprint density at radius 3 is 1.78 bits per heavy atom. The molecule has 1 aliphatic heterocycles. The average Bonchev–Trinajstić information content (AvgIpc) is 3.02. The molecule has 1 aromatic heterocycles. The first-order valence-corrected chi connectivity index (χ1v) is 24.2. The summed E-state index contributed by atoms with van der Waals surface area (Å²) in [5, 5.41) is -0.167. The monoisotopic (exact) mass is 689 g/mol. The Balaban J connectivity index is 2.83. The van der Waals surface area contributed by atoms with E-state index in [0.29, 0.717) is 12.3 Å². The summed E-state index contributed by atoms with van der Waals surface area (Å²) >= 11 is 3.49. The molecule has 0 spiro atoms. The van der Waals surface area contributed by atoms with Crippen molar-refractivity contribution in [3.63, 3.8) is 0 Å². The van der Waals surface area contributed by atoms with Gasteiger partial charge in [-0.3, -0.25) is 9.78 Å². The molecule has 7 nitrogen and oxygen atoms in total. The van der Waals surface area contributed by atoms with Gasteiger partial charge in [0, 0.05) is 17.6 Å². The highest BCUT2D eigenvalue weighted by Crippen LogP contribution is 2.50. The van der Waals surface area contributed by atoms with E-state index in [0.717, 1.165) is 4.47 Å². The van der Waals surface area contributed by atoms with Gasteiger partial charge in [0.05, 0.1) is 6.61 Å². The van der Waals surface area contributed by atoms with E-state index < -0.39 is 55.0 Å². The summed E-state index contributed by atoms with van der Waals surface area (Å²) in [5.74, 6) is -2.08. The van der Waals surface area contributed by atoms with Crippen LogP contribution in [-0.2, 0) is 33.3 Å². The van der Waals surface area contributed by atoms with Crippen LogP contribution in [0, 0.1) is 0 Å². The van der Waals surface area contributed by atoms with Crippen molar-refractivity contribution in [2.75, 3.05) is 6.61 Å². The van der Waals surface area contributed by atoms with Crippen LogP contribution in [0.2, 0.25) is 54.4 Å². The standard InChI is InChI=1S/C30H56BrNO6Si3/c1-21(33)35-30(24-18-17-22(31)19-32-24)26(38-41(15,16)29(8,9)10)25(37-40(13,14)28(5,6)7)23(36-30)20-34-39(11,12)27(2,3)4/h17-19,23,25-26H,20H2,1-16H3/t23-,25-,26-,30+/m1/s1. The first kappa shape index (κ1) is 36.8. The lowest BCUT2D eigenvalue weighted by Gasteiger charge is -2.45. The Bertz CT molecular complexity index is 1060. The molecule has 236 valence electrons. The maximum absolute atomic E-state index is 12.8. The van der Waals surface area contributed by atoms with E-state index in [4.69, 9.17) is 27.7 Å². The molecule has 0 bridgehead atoms. The van der Waals surface area contributed by atoms with Gasteiger partial charge in [0.25, 0.3) is 5.79 Å². The Kier molecular flexibility index (Phi) is 10.9. The van der Waals surface area contributed by atoms with Gasteiger partial charge in [0.1, 0.15) is 24.0 Å². The second-order valence-corrected chi connectivity index (χ2v) is 31.2. The van der Waals surface area contributed by atoms with E-state index in [1.54, 1.807) is 6.20 Å². The van der Waals surface area contributed by atoms with Gasteiger partial charge in [-0.05, 0) is 82.5 Å². The van der Waals surface area contributed by atoms with Crippen molar-refractivity contribution >= 4 is 46.9 Å². The minimum Gasteiger partial charge on any atom is -0.424 e. The lowest BCUT2D eigenvalue weighted by Crippen LogP contribution is -2.57. The largest absolute Gasteiger partial charge is 0.424 e. The quantitative estimate of drug-likeness (QED) is 0.189. The number of nitrogens with zero attached hydrogens (tertiary/aromatic N) is 1. The van der Waals surface area contributed by atoms with Crippen molar-refractivity contribution in [3.05, 3.63) is 28.5 Å². The molecule has 2 heterocycles. The lowest BCUT2D eigenvalue weighted by atomic mass is 10.0. The number of hydrogen-bond donors (Lipinski definition) is 0. The van der Waals surface area contributed by atoms with Crippen LogP contribution < -0.4 is 0 Å². The molecule has 0 aliphatic carbocycles. The normalized spacial score (nSPS) is 25.0. The Morgan fingerprint density at radius 2 is 1.37 bits per heavy atom. The zero-order valence-electron chi connectivity index (χ0n) is 28.4. The smallest absolute Gasteiger partial charge is 0.305 e. The summed E-state index contributed by atoms with van der Waals surface area (Å²) in [5.41, 5.74) is 0.471. The van der Waals surface area contributed by atoms with Gasteiger partial charge in [-0.25, -0.2) is 0 Å². The second-order valence-electron chi connectivity index (χ2n) is 16.0. The van der Waals surface area contributed by atoms with E-state index in [1.807, 2.05) is 12.1 Å². The molecule has 1 fully saturated rings. The number of carbonyl (C=O) groups is 1. The maximum atomic E-state index is 12.8. The third-order valence-corrected chi connectivity index (χ3v) is 23.5. The van der Waals surface area contributed by atoms with Crippen LogP contribution in [-0.4, -0.2) is 60.8 Å². The second kappa shape index (κ2) is 12.2. The number of hydrogen-bond acceptors (Lipinski definition) is 7. The summed E-state index contributed by atoms with van der Waals surface area (Å²) < 4.78 is 35.1. The molecule has 41 heavy (non-hydrogen) atoms. The fourth-order valence-corrected chi connectivity index (χ4v) is 7.67. The number of aromatic nitrogens is 1. The van der Waals surface area contributed by atoms with Gasteiger partial charge in [-0.1, -0.05) is 62.3 Å². The van der Waals surface area contributed by atoms with Gasteiger partial charge in [-0.2, -0.15) is 0 Å². The third-order valence-electron chi connectivity index (χ3n) is 9.62. The number of carbonyl (C=O) groups excluding carboxylic acids is 1. The fourth-order valence-electron chi connectivity index (χ4n) is 3.84. The zero-order valence-corrected chi connectivity index (χ0v) is 33.0. The van der Waals surface area contributed by atoms with Crippen LogP contribution in [0.1, 0.15) is 74.9 Å². The molecule has 1 aliphatic rings. The molecule has 1 aromatic rings. The van der Waals surface area contributed by atoms with Crippen LogP contribution in [0.25, 0.3) is 0 Å². The molecule has 0 saturated carbocycles. The minimum absolute atomic E-state index is 0.0126. The molecule has 0 radical (unpaired) electrons. The molecule has 11 heteroatoms. The van der Waals surface area contributed by atoms with Gasteiger partial charge < -0.3 is 22.8 Å². The van der Waals surface area contributed by atoms with Gasteiger partial charge in [0.15, 0.2) is 25.0 Å². The molecule has 0 N–H and O–H groups in total. The highest BCUT2D eigenvalue weighted by molar-refractivity contribution is 9.10. The molecule has 0 amide bonds. The Labute approximate surface area is 261 Å². The van der Waals surface area contributed by atoms with Crippen LogP contribution in [0.3, 0.4) is 0 Å². The fraction of sp³-hybridized carbons (Fsp3) is 0.800. The molecule has 0 aromatic carbocycles. The van der Waals surface area contributed by atoms with E-state index in [-0.39, 0.29) is 15.1 Å². The predicted octanol–water partition coefficient (Wildman–Crippen LogP) is 8.76. The van der Waals surface area contributed by atoms with Crippen molar-refractivity contribution in [2.24, 2.45) is 0 Å². The zero-order chi connectivity index (χ0) is 32.0. The van der Waals surface area contributed by atoms with Crippen molar-refractivity contribution in [1.82, 2.24) is 4.98 Å². The van der Waals surface area contributed by atoms with Crippen LogP contribution >= 0.6 is 15.9 Å². The molecule has 1 saturated heterocycles. The Hall–Kier alpha value is -0.409. The van der Waals surface area contributed by atoms with E-state index in [1.165, 1.54) is 6.92 Å². The van der Waals surface area contributed by atoms with E-state index >= 15 is 0 Å². The number of rotatable bonds is 9. The molecular weight excluding hydrogens is 634 g/mol. The van der Waals surface area contributed by atoms with Crippen LogP contribution in [0.4, 0.5) is 0 Å². The number of ether oxygens (including phenoxy) is 2. The predicted molar refractivity (Wildman–Crippen MR) is 178 cm³/mol. The van der Waals surface area contributed by atoms with Gasteiger partial charge in [-0.15, -0.1) is 0 Å². The molecule has 2 rings (SSSR count). The van der Waals surface area contributed by atoms with Crippen LogP contribution in [0.5, 0.6) is 0 Å². The summed E-state index contributed by atoms with van der Waals surface area (Å²) in [4.78, 5) is 17.5. The number of esters is 1. The third kappa shape index (κ3) is 8.20. The van der Waals surface area contributed by atoms with Crippen molar-refractivity contribution in [2.45, 2.75) is 148 Å². The number of halogens is 1. The average molecular weight is 691 g/mol. The summed E-state index contributed by atoms with van der Waals surface area (Å²) in [6, 6.07) is 3.71. The van der Waals surface area contributed by atoms with Gasteiger partial charge in [0.2, 0.25) is 0 Å². The van der Waals surface area contributed by atoms with E-state index in [2.05, 4.69) is 118 Å². The summed E-state index contributed by atoms with van der Waals surface area (Å²) in [6.45, 7) is 34.9. The molecule has 4 atom stereocenters. The molecular formula is C30H56BrNO6Si3. The SMILES string of the molecule is CC(=O)O[C@@]1(c2ccc(Br)cn2)O[C@H](CO[Si](C)(C)C(C)(C)C)[C@@H](O[Si](C)(C)C(C)(C)C)[C@H]1O[Si](C)(C)C(C)(C)C. The first-order valence-electron chi connectivity index (χ1n) is 14.7. The van der Waals surface area contributed by atoms with Crippen molar-refractivity contribution in [3.8, 4) is 0 Å². The van der Waals surface area contributed by atoms with Crippen molar-refractivity contribution in [1.29, 1.82) is 0 Å². The lowest BCUT2D eigenvalue weighted by molar-refractivity contribution is -0.257. The molecule has 0 unspecified atom stereocenters. The first-order chi connectivity index (χ1) is 18.2. The highest BCUT2D eigenvalue weighted by Gasteiger charge is 2.64. The van der Waals surface area contributed by atoms with E-state index in [9.17, 15) is 4.79 Å². The Morgan fingerprint density at radius 1 is 0.878 bits per heavy atom. The topological polar surface area (TPSA) is 76.1 Å². The number of pyridine rings is 1. The minimum atomic E-state index is -2.44. The van der Waals surface area contributed by atoms with Crippen molar-refractivity contribution < 1.29 is 27.5 Å². The maximum Gasteiger partial charge on any atom is 0.305 e. The van der Waals surface area contributed by atoms with Gasteiger partial charge >= 0.3 is 5.97 Å². The van der Waals surface area contributed by atoms with Crippen LogP contribution in [0.15, 0.2) is 22.8 Å². The summed E-state index contributed by atoms with van der Waals surface area (Å²) in [6.07, 6.45) is -0.142. The summed E-state index contributed by atoms with van der Waals surface area (Å²) in [7, 11) is -6.94. The highest BCUT2D eigenvalue weighted by atomic mass is 79.9.